The lowest BCUT2D eigenvalue weighted by molar-refractivity contribution is -0.117. The highest BCUT2D eigenvalue weighted by molar-refractivity contribution is 8.16. The first-order valence-corrected chi connectivity index (χ1v) is 12.1. The number of amidine groups is 1. The monoisotopic (exact) mass is 446 g/mol. The molecule has 2 aliphatic heterocycles. The summed E-state index contributed by atoms with van der Waals surface area (Å²) in [4.78, 5) is 30.4. The number of ketones is 1. The van der Waals surface area contributed by atoms with Gasteiger partial charge in [0.2, 0.25) is 0 Å². The number of hydrogen-bond donors (Lipinski definition) is 0. The molecule has 2 atom stereocenters. The Morgan fingerprint density at radius 3 is 2.60 bits per heavy atom. The Morgan fingerprint density at radius 1 is 1.17 bits per heavy atom. The van der Waals surface area contributed by atoms with Crippen molar-refractivity contribution in [3.63, 3.8) is 0 Å². The first-order valence-electron chi connectivity index (χ1n) is 9.35. The van der Waals surface area contributed by atoms with E-state index < -0.39 is 15.7 Å². The number of Topliss-reactive ketones (excluding diaryl/α,β-unsaturated/α-hetero) is 1. The predicted molar refractivity (Wildman–Crippen MR) is 115 cm³/mol. The second-order valence-electron chi connectivity index (χ2n) is 7.37. The molecule has 2 fully saturated rings. The third kappa shape index (κ3) is 4.32. The molecule has 2 aliphatic rings. The molecule has 2 heterocycles. The van der Waals surface area contributed by atoms with Crippen molar-refractivity contribution >= 4 is 44.1 Å². The van der Waals surface area contributed by atoms with Gasteiger partial charge < -0.3 is 4.90 Å². The molecule has 0 radical (unpaired) electrons. The Labute approximate surface area is 178 Å². The quantitative estimate of drug-likeness (QED) is 0.672. The summed E-state index contributed by atoms with van der Waals surface area (Å²) in [5, 5.41) is 0.195. The third-order valence-electron chi connectivity index (χ3n) is 5.09. The number of hydrogen-bond acceptors (Lipinski definition) is 5. The summed E-state index contributed by atoms with van der Waals surface area (Å²) in [5.41, 5.74) is 1.77. The number of fused-ring (bicyclic) bond motifs is 1. The van der Waals surface area contributed by atoms with Gasteiger partial charge in [0, 0.05) is 16.5 Å². The maximum Gasteiger partial charge on any atom is 0.252 e. The van der Waals surface area contributed by atoms with Gasteiger partial charge in [-0.3, -0.25) is 9.59 Å². The fourth-order valence-corrected chi connectivity index (χ4v) is 7.60. The molecular weight excluding hydrogens is 427 g/mol. The highest BCUT2D eigenvalue weighted by Gasteiger charge is 2.49. The molecule has 2 aromatic carbocycles. The van der Waals surface area contributed by atoms with Gasteiger partial charge in [-0.05, 0) is 36.8 Å². The van der Waals surface area contributed by atoms with Gasteiger partial charge in [0.25, 0.3) is 5.91 Å². The van der Waals surface area contributed by atoms with Crippen LogP contribution in [-0.2, 0) is 21.1 Å². The fourth-order valence-electron chi connectivity index (χ4n) is 3.66. The molecule has 0 unspecified atom stereocenters. The van der Waals surface area contributed by atoms with Crippen LogP contribution in [0.25, 0.3) is 0 Å². The van der Waals surface area contributed by atoms with Gasteiger partial charge in [0.05, 0.1) is 24.0 Å². The highest BCUT2D eigenvalue weighted by atomic mass is 32.2. The van der Waals surface area contributed by atoms with Gasteiger partial charge in [0.15, 0.2) is 20.8 Å². The zero-order valence-electron chi connectivity index (χ0n) is 16.1. The van der Waals surface area contributed by atoms with Crippen LogP contribution >= 0.6 is 11.8 Å². The van der Waals surface area contributed by atoms with E-state index in [-0.39, 0.29) is 40.8 Å². The number of carbonyl (C=O) groups is 2. The standard InChI is InChI=1S/C21H19FN2O4S2/c1-13(25)15-3-2-4-17(10-15)24-18-11-30(27,28)12-19(18)29-21(24)23-20(26)9-14-5-7-16(22)8-6-14/h2-8,10,18-19H,9,11-12H2,1H3/t18-,19+/m0/s1. The summed E-state index contributed by atoms with van der Waals surface area (Å²) < 4.78 is 37.4. The van der Waals surface area contributed by atoms with Crippen molar-refractivity contribution in [3.8, 4) is 0 Å². The van der Waals surface area contributed by atoms with E-state index in [1.807, 2.05) is 0 Å². The van der Waals surface area contributed by atoms with E-state index >= 15 is 0 Å². The molecule has 2 aromatic rings. The minimum absolute atomic E-state index is 0.0132. The molecule has 1 amide bonds. The van der Waals surface area contributed by atoms with Crippen molar-refractivity contribution in [3.05, 3.63) is 65.5 Å². The van der Waals surface area contributed by atoms with Gasteiger partial charge >= 0.3 is 0 Å². The number of amides is 1. The van der Waals surface area contributed by atoms with Crippen molar-refractivity contribution in [2.45, 2.75) is 24.6 Å². The average molecular weight is 447 g/mol. The number of carbonyl (C=O) groups excluding carboxylic acids is 2. The Morgan fingerprint density at radius 2 is 1.90 bits per heavy atom. The van der Waals surface area contributed by atoms with Crippen LogP contribution in [0.1, 0.15) is 22.8 Å². The zero-order chi connectivity index (χ0) is 21.5. The van der Waals surface area contributed by atoms with E-state index in [1.165, 1.54) is 43.0 Å². The maximum absolute atomic E-state index is 13.1. The number of rotatable bonds is 4. The number of benzene rings is 2. The van der Waals surface area contributed by atoms with Gasteiger partial charge in [0.1, 0.15) is 5.82 Å². The van der Waals surface area contributed by atoms with Crippen LogP contribution in [0.5, 0.6) is 0 Å². The lowest BCUT2D eigenvalue weighted by Gasteiger charge is -2.24. The minimum Gasteiger partial charge on any atom is -0.316 e. The van der Waals surface area contributed by atoms with Crippen LogP contribution in [0.3, 0.4) is 0 Å². The Kier molecular flexibility index (Phi) is 5.50. The maximum atomic E-state index is 13.1. The summed E-state index contributed by atoms with van der Waals surface area (Å²) in [5.74, 6) is -0.893. The largest absolute Gasteiger partial charge is 0.316 e. The van der Waals surface area contributed by atoms with E-state index in [9.17, 15) is 22.4 Å². The van der Waals surface area contributed by atoms with Crippen LogP contribution < -0.4 is 4.90 Å². The van der Waals surface area contributed by atoms with Crippen molar-refractivity contribution < 1.29 is 22.4 Å². The third-order valence-corrected chi connectivity index (χ3v) is 8.30. The molecule has 0 aliphatic carbocycles. The lowest BCUT2D eigenvalue weighted by atomic mass is 10.1. The van der Waals surface area contributed by atoms with Crippen LogP contribution in [0.15, 0.2) is 53.5 Å². The lowest BCUT2D eigenvalue weighted by Crippen LogP contribution is -2.37. The van der Waals surface area contributed by atoms with Crippen molar-refractivity contribution in [1.82, 2.24) is 0 Å². The molecule has 9 heteroatoms. The molecule has 0 aromatic heterocycles. The molecule has 4 rings (SSSR count). The van der Waals surface area contributed by atoms with E-state index in [2.05, 4.69) is 4.99 Å². The summed E-state index contributed by atoms with van der Waals surface area (Å²) >= 11 is 1.27. The molecule has 0 saturated carbocycles. The average Bonchev–Trinajstić information content (AvgIpc) is 3.14. The van der Waals surface area contributed by atoms with Gasteiger partial charge in [-0.25, -0.2) is 12.8 Å². The summed E-state index contributed by atoms with van der Waals surface area (Å²) in [6, 6.07) is 12.2. The topological polar surface area (TPSA) is 83.9 Å². The number of anilines is 1. The number of aliphatic imine (C=N–C) groups is 1. The smallest absolute Gasteiger partial charge is 0.252 e. The molecule has 2 saturated heterocycles. The molecule has 0 spiro atoms. The number of nitrogens with zero attached hydrogens (tertiary/aromatic N) is 2. The van der Waals surface area contributed by atoms with E-state index in [1.54, 1.807) is 29.2 Å². The second-order valence-corrected chi connectivity index (χ2v) is 10.7. The van der Waals surface area contributed by atoms with Crippen molar-refractivity contribution in [2.24, 2.45) is 4.99 Å². The van der Waals surface area contributed by atoms with Gasteiger partial charge in [-0.1, -0.05) is 36.0 Å². The summed E-state index contributed by atoms with van der Waals surface area (Å²) in [7, 11) is -3.18. The fraction of sp³-hybridized carbons (Fsp3) is 0.286. The summed E-state index contributed by atoms with van der Waals surface area (Å²) in [6.45, 7) is 1.46. The first kappa shape index (κ1) is 20.7. The molecule has 0 N–H and O–H groups in total. The number of thioether (sulfide) groups is 1. The van der Waals surface area contributed by atoms with Crippen molar-refractivity contribution in [1.29, 1.82) is 0 Å². The van der Waals surface area contributed by atoms with E-state index in [4.69, 9.17) is 0 Å². The van der Waals surface area contributed by atoms with E-state index in [0.29, 0.717) is 22.0 Å². The predicted octanol–water partition coefficient (Wildman–Crippen LogP) is 2.87. The molecular formula is C21H19FN2O4S2. The van der Waals surface area contributed by atoms with Crippen LogP contribution in [0.2, 0.25) is 0 Å². The normalized spacial score (nSPS) is 23.5. The van der Waals surface area contributed by atoms with Crippen LogP contribution in [-0.4, -0.2) is 48.1 Å². The van der Waals surface area contributed by atoms with Gasteiger partial charge in [-0.2, -0.15) is 4.99 Å². The van der Waals surface area contributed by atoms with Crippen molar-refractivity contribution in [2.75, 3.05) is 16.4 Å². The molecule has 156 valence electrons. The highest BCUT2D eigenvalue weighted by Crippen LogP contribution is 2.41. The summed E-state index contributed by atoms with van der Waals surface area (Å²) in [6.07, 6.45) is 0.0132. The van der Waals surface area contributed by atoms with E-state index in [0.717, 1.165) is 0 Å². The Balaban J connectivity index is 1.66. The van der Waals surface area contributed by atoms with Gasteiger partial charge in [-0.15, -0.1) is 0 Å². The molecule has 30 heavy (non-hydrogen) atoms. The minimum atomic E-state index is -3.18. The van der Waals surface area contributed by atoms with Crippen LogP contribution in [0.4, 0.5) is 10.1 Å². The Bertz CT molecular complexity index is 1150. The molecule has 6 nitrogen and oxygen atoms in total. The van der Waals surface area contributed by atoms with Crippen LogP contribution in [0, 0.1) is 5.82 Å². The zero-order valence-corrected chi connectivity index (χ0v) is 17.7. The first-order chi connectivity index (χ1) is 14.2. The molecule has 0 bridgehead atoms. The SMILES string of the molecule is CC(=O)c1cccc(N2C(=NC(=O)Cc3ccc(F)cc3)S[C@@H]3CS(=O)(=O)C[C@@H]32)c1. The Hall–Kier alpha value is -2.52. The second kappa shape index (κ2) is 7.96. The number of halogens is 1. The number of sulfone groups is 1.